The van der Waals surface area contributed by atoms with E-state index in [-0.39, 0.29) is 10.7 Å². The van der Waals surface area contributed by atoms with Gasteiger partial charge in [-0.3, -0.25) is 4.98 Å². The molecule has 8 heteroatoms. The maximum Gasteiger partial charge on any atom is 0.417 e. The van der Waals surface area contributed by atoms with Crippen molar-refractivity contribution in [2.75, 3.05) is 0 Å². The molecule has 0 saturated heterocycles. The fourth-order valence-corrected chi connectivity index (χ4v) is 1.25. The molecule has 1 N–H and O–H groups in total. The molecule has 0 atom stereocenters. The maximum atomic E-state index is 12.2. The van der Waals surface area contributed by atoms with Crippen molar-refractivity contribution in [3.63, 3.8) is 0 Å². The summed E-state index contributed by atoms with van der Waals surface area (Å²) in [7, 11) is 0. The van der Waals surface area contributed by atoms with Gasteiger partial charge in [-0.05, 0) is 6.07 Å². The predicted molar refractivity (Wildman–Crippen MR) is 48.4 cm³/mol. The Bertz CT molecular complexity index is 406. The minimum absolute atomic E-state index is 0.214. The molecule has 3 nitrogen and oxygen atoms in total. The zero-order valence-corrected chi connectivity index (χ0v) is 8.40. The molecule has 82 valence electrons. The van der Waals surface area contributed by atoms with Crippen LogP contribution in [0.25, 0.3) is 0 Å². The topological polar surface area (TPSA) is 45.5 Å². The summed E-state index contributed by atoms with van der Waals surface area (Å²) in [4.78, 5) is 3.34. The molecule has 1 rings (SSSR count). The van der Waals surface area contributed by atoms with Gasteiger partial charge in [0.1, 0.15) is 5.69 Å². The number of halogens is 5. The van der Waals surface area contributed by atoms with Gasteiger partial charge in [-0.1, -0.05) is 28.4 Å². The lowest BCUT2D eigenvalue weighted by molar-refractivity contribution is -0.137. The smallest absolute Gasteiger partial charge is 0.410 e. The number of hydrogen-bond donors (Lipinski definition) is 1. The summed E-state index contributed by atoms with van der Waals surface area (Å²) in [6.07, 6.45) is -3.98. The first-order chi connectivity index (χ1) is 6.86. The monoisotopic (exact) mass is 258 g/mol. The number of alkyl halides is 3. The van der Waals surface area contributed by atoms with Gasteiger partial charge in [0, 0.05) is 6.20 Å². The molecule has 0 aromatic carbocycles. The molecule has 0 unspecified atom stereocenters. The van der Waals surface area contributed by atoms with Crippen molar-refractivity contribution in [3.05, 3.63) is 28.5 Å². The zero-order chi connectivity index (χ0) is 11.6. The standard InChI is InChI=1S/C7H3Cl2F3N2O/c8-4-1-3(7(10,11)12)2-13-5(4)6(9)14-15/h1-2,15H/b14-6-. The number of hydrogen-bond acceptors (Lipinski definition) is 3. The molecule has 0 spiro atoms. The van der Waals surface area contributed by atoms with Crippen molar-refractivity contribution < 1.29 is 18.4 Å². The van der Waals surface area contributed by atoms with E-state index in [1.54, 1.807) is 0 Å². The molecule has 0 aliphatic heterocycles. The van der Waals surface area contributed by atoms with Gasteiger partial charge in [0.25, 0.3) is 0 Å². The first-order valence-electron chi connectivity index (χ1n) is 3.47. The minimum atomic E-state index is -4.53. The lowest BCUT2D eigenvalue weighted by Crippen LogP contribution is -2.07. The molecule has 15 heavy (non-hydrogen) atoms. The number of rotatable bonds is 1. The molecule has 1 aromatic heterocycles. The first-order valence-corrected chi connectivity index (χ1v) is 4.22. The number of nitrogens with zero attached hydrogens (tertiary/aromatic N) is 2. The normalized spacial score (nSPS) is 13.0. The van der Waals surface area contributed by atoms with Crippen LogP contribution in [0, 0.1) is 0 Å². The van der Waals surface area contributed by atoms with Crippen LogP contribution in [0.4, 0.5) is 13.2 Å². The third-order valence-corrected chi connectivity index (χ3v) is 1.99. The van der Waals surface area contributed by atoms with Crippen LogP contribution in [-0.2, 0) is 6.18 Å². The quantitative estimate of drug-likeness (QED) is 0.478. The van der Waals surface area contributed by atoms with Gasteiger partial charge >= 0.3 is 6.18 Å². The van der Waals surface area contributed by atoms with E-state index in [0.717, 1.165) is 0 Å². The van der Waals surface area contributed by atoms with Gasteiger partial charge in [-0.15, -0.1) is 0 Å². The Morgan fingerprint density at radius 3 is 2.47 bits per heavy atom. The van der Waals surface area contributed by atoms with Gasteiger partial charge in [-0.25, -0.2) is 0 Å². The summed E-state index contributed by atoms with van der Waals surface area (Å²) in [5, 5.41) is 10.0. The van der Waals surface area contributed by atoms with E-state index in [1.807, 2.05) is 0 Å². The van der Waals surface area contributed by atoms with E-state index >= 15 is 0 Å². The number of pyridine rings is 1. The van der Waals surface area contributed by atoms with Crippen LogP contribution in [0.1, 0.15) is 11.3 Å². The van der Waals surface area contributed by atoms with Crippen molar-refractivity contribution in [2.45, 2.75) is 6.18 Å². The van der Waals surface area contributed by atoms with Gasteiger partial charge < -0.3 is 5.21 Å². The second-order valence-electron chi connectivity index (χ2n) is 2.44. The average Bonchev–Trinajstić information content (AvgIpc) is 2.15. The summed E-state index contributed by atoms with van der Waals surface area (Å²) in [5.74, 6) is 0. The van der Waals surface area contributed by atoms with Crippen molar-refractivity contribution in [3.8, 4) is 0 Å². The molecule has 0 saturated carbocycles. The molecule has 0 fully saturated rings. The van der Waals surface area contributed by atoms with E-state index in [1.165, 1.54) is 0 Å². The Kier molecular flexibility index (Phi) is 3.41. The van der Waals surface area contributed by atoms with E-state index in [2.05, 4.69) is 10.1 Å². The van der Waals surface area contributed by atoms with Gasteiger partial charge in [-0.2, -0.15) is 13.2 Å². The molecular formula is C7H3Cl2F3N2O. The molecule has 0 amide bonds. The highest BCUT2D eigenvalue weighted by molar-refractivity contribution is 6.70. The van der Waals surface area contributed by atoms with Gasteiger partial charge in [0.05, 0.1) is 10.6 Å². The Hall–Kier alpha value is -1.01. The average molecular weight is 259 g/mol. The van der Waals surface area contributed by atoms with Crippen molar-refractivity contribution in [1.82, 2.24) is 4.98 Å². The molecule has 0 bridgehead atoms. The second-order valence-corrected chi connectivity index (χ2v) is 3.21. The van der Waals surface area contributed by atoms with Crippen LogP contribution in [0.15, 0.2) is 17.4 Å². The zero-order valence-electron chi connectivity index (χ0n) is 6.89. The Balaban J connectivity index is 3.21. The number of oxime groups is 1. The maximum absolute atomic E-state index is 12.2. The molecule has 0 radical (unpaired) electrons. The molecule has 1 aromatic rings. The Morgan fingerprint density at radius 1 is 1.47 bits per heavy atom. The van der Waals surface area contributed by atoms with Crippen molar-refractivity contribution >= 4 is 28.4 Å². The van der Waals surface area contributed by atoms with E-state index in [4.69, 9.17) is 28.4 Å². The van der Waals surface area contributed by atoms with Crippen molar-refractivity contribution in [1.29, 1.82) is 0 Å². The summed E-state index contributed by atoms with van der Waals surface area (Å²) in [5.41, 5.74) is -1.22. The van der Waals surface area contributed by atoms with Crippen LogP contribution in [0.2, 0.25) is 5.02 Å². The highest BCUT2D eigenvalue weighted by Gasteiger charge is 2.31. The van der Waals surface area contributed by atoms with Gasteiger partial charge in [0.15, 0.2) is 5.17 Å². The molecule has 0 aliphatic carbocycles. The van der Waals surface area contributed by atoms with E-state index < -0.39 is 16.9 Å². The van der Waals surface area contributed by atoms with Crippen LogP contribution >= 0.6 is 23.2 Å². The van der Waals surface area contributed by atoms with Crippen LogP contribution in [-0.4, -0.2) is 15.4 Å². The lowest BCUT2D eigenvalue weighted by Gasteiger charge is -2.07. The fraction of sp³-hybridized carbons (Fsp3) is 0.143. The van der Waals surface area contributed by atoms with Crippen LogP contribution in [0.5, 0.6) is 0 Å². The second kappa shape index (κ2) is 4.24. The van der Waals surface area contributed by atoms with E-state index in [9.17, 15) is 13.2 Å². The summed E-state index contributed by atoms with van der Waals surface area (Å²) in [6, 6.07) is 0.650. The molecule has 1 heterocycles. The van der Waals surface area contributed by atoms with Gasteiger partial charge in [0.2, 0.25) is 0 Å². The fourth-order valence-electron chi connectivity index (χ4n) is 0.792. The van der Waals surface area contributed by atoms with Crippen LogP contribution in [0.3, 0.4) is 0 Å². The lowest BCUT2D eigenvalue weighted by atomic mass is 10.2. The third kappa shape index (κ3) is 2.73. The summed E-state index contributed by atoms with van der Waals surface area (Å²) >= 11 is 10.8. The molecule has 0 aliphatic rings. The first kappa shape index (κ1) is 12.1. The Morgan fingerprint density at radius 2 is 2.07 bits per heavy atom. The SMILES string of the molecule is O/N=C(\Cl)c1ncc(C(F)(F)F)cc1Cl. The summed E-state index contributed by atoms with van der Waals surface area (Å²) in [6.45, 7) is 0. The minimum Gasteiger partial charge on any atom is -0.410 e. The van der Waals surface area contributed by atoms with Crippen LogP contribution < -0.4 is 0 Å². The highest BCUT2D eigenvalue weighted by Crippen LogP contribution is 2.31. The highest BCUT2D eigenvalue weighted by atomic mass is 35.5. The Labute approximate surface area is 92.1 Å². The van der Waals surface area contributed by atoms with Crippen molar-refractivity contribution in [2.24, 2.45) is 5.16 Å². The predicted octanol–water partition coefficient (Wildman–Crippen LogP) is 3.13. The third-order valence-electron chi connectivity index (χ3n) is 1.45. The van der Waals surface area contributed by atoms with E-state index in [0.29, 0.717) is 12.3 Å². The molecular weight excluding hydrogens is 256 g/mol. The number of aromatic nitrogens is 1. The summed E-state index contributed by atoms with van der Waals surface area (Å²) < 4.78 is 36.5. The largest absolute Gasteiger partial charge is 0.417 e.